The number of benzene rings is 2. The molecule has 1 atom stereocenters. The lowest BCUT2D eigenvalue weighted by Gasteiger charge is -2.19. The summed E-state index contributed by atoms with van der Waals surface area (Å²) in [6.45, 7) is 4.05. The molecular formula is C17H21NOS. The second kappa shape index (κ2) is 6.82. The maximum atomic E-state index is 6.40. The second-order valence-corrected chi connectivity index (χ2v) is 5.83. The lowest BCUT2D eigenvalue weighted by Crippen LogP contribution is -2.15. The summed E-state index contributed by atoms with van der Waals surface area (Å²) in [7, 11) is 0. The van der Waals surface area contributed by atoms with Crippen molar-refractivity contribution in [2.45, 2.75) is 30.9 Å². The minimum atomic E-state index is -0.166. The summed E-state index contributed by atoms with van der Waals surface area (Å²) in [6.07, 6.45) is 2.21. The van der Waals surface area contributed by atoms with Crippen LogP contribution < -0.4 is 10.5 Å². The smallest absolute Gasteiger partial charge is 0.124 e. The van der Waals surface area contributed by atoms with Crippen molar-refractivity contribution in [2.75, 3.05) is 6.26 Å². The van der Waals surface area contributed by atoms with E-state index in [4.69, 9.17) is 10.5 Å². The number of para-hydroxylation sites is 1. The van der Waals surface area contributed by atoms with Crippen LogP contribution in [0.5, 0.6) is 5.75 Å². The molecule has 0 radical (unpaired) electrons. The Labute approximate surface area is 125 Å². The summed E-state index contributed by atoms with van der Waals surface area (Å²) in [5, 5.41) is 0. The molecule has 0 amide bonds. The predicted molar refractivity (Wildman–Crippen MR) is 86.5 cm³/mol. The molecule has 0 spiro atoms. The quantitative estimate of drug-likeness (QED) is 0.835. The number of thioether (sulfide) groups is 1. The third-order valence-corrected chi connectivity index (χ3v) is 3.84. The van der Waals surface area contributed by atoms with E-state index < -0.39 is 0 Å². The van der Waals surface area contributed by atoms with Crippen LogP contribution in [0.4, 0.5) is 0 Å². The van der Waals surface area contributed by atoms with E-state index in [0.29, 0.717) is 0 Å². The molecule has 0 aliphatic heterocycles. The first-order chi connectivity index (χ1) is 9.61. The summed E-state index contributed by atoms with van der Waals surface area (Å²) in [4.78, 5) is 1.24. The van der Waals surface area contributed by atoms with Gasteiger partial charge in [-0.25, -0.2) is 0 Å². The Morgan fingerprint density at radius 3 is 2.25 bits per heavy atom. The summed E-state index contributed by atoms with van der Waals surface area (Å²) in [6, 6.07) is 16.2. The molecule has 2 aromatic carbocycles. The van der Waals surface area contributed by atoms with E-state index in [0.717, 1.165) is 16.9 Å². The SMILES string of the molecule is CSc1ccc(C(N)c2ccccc2OC(C)C)cc1. The lowest BCUT2D eigenvalue weighted by molar-refractivity contribution is 0.239. The van der Waals surface area contributed by atoms with Crippen molar-refractivity contribution in [3.05, 3.63) is 59.7 Å². The first-order valence-electron chi connectivity index (χ1n) is 6.77. The molecule has 0 saturated heterocycles. The van der Waals surface area contributed by atoms with E-state index in [-0.39, 0.29) is 12.1 Å². The molecule has 0 aliphatic rings. The van der Waals surface area contributed by atoms with E-state index in [9.17, 15) is 0 Å². The summed E-state index contributed by atoms with van der Waals surface area (Å²) in [5.41, 5.74) is 8.52. The molecule has 0 aromatic heterocycles. The third kappa shape index (κ3) is 3.56. The van der Waals surface area contributed by atoms with Gasteiger partial charge in [0.25, 0.3) is 0 Å². The monoisotopic (exact) mass is 287 g/mol. The molecule has 3 heteroatoms. The average molecular weight is 287 g/mol. The van der Waals surface area contributed by atoms with Crippen molar-refractivity contribution in [3.8, 4) is 5.75 Å². The van der Waals surface area contributed by atoms with Crippen molar-refractivity contribution < 1.29 is 4.74 Å². The average Bonchev–Trinajstić information content (AvgIpc) is 2.46. The molecule has 2 nitrogen and oxygen atoms in total. The van der Waals surface area contributed by atoms with Gasteiger partial charge in [0.2, 0.25) is 0 Å². The van der Waals surface area contributed by atoms with Crippen LogP contribution >= 0.6 is 11.8 Å². The van der Waals surface area contributed by atoms with Gasteiger partial charge in [0.15, 0.2) is 0 Å². The number of rotatable bonds is 5. The minimum absolute atomic E-state index is 0.141. The Morgan fingerprint density at radius 1 is 1.00 bits per heavy atom. The van der Waals surface area contributed by atoms with Gasteiger partial charge in [0.1, 0.15) is 5.75 Å². The van der Waals surface area contributed by atoms with Crippen molar-refractivity contribution in [3.63, 3.8) is 0 Å². The molecule has 2 N–H and O–H groups in total. The highest BCUT2D eigenvalue weighted by Crippen LogP contribution is 2.29. The maximum Gasteiger partial charge on any atom is 0.124 e. The fourth-order valence-electron chi connectivity index (χ4n) is 2.09. The number of nitrogens with two attached hydrogens (primary N) is 1. The summed E-state index contributed by atoms with van der Waals surface area (Å²) >= 11 is 1.73. The van der Waals surface area contributed by atoms with Crippen LogP contribution in [0.1, 0.15) is 31.0 Å². The standard InChI is InChI=1S/C17H21NOS/c1-12(2)19-16-7-5-4-6-15(16)17(18)13-8-10-14(20-3)11-9-13/h4-12,17H,18H2,1-3H3. The van der Waals surface area contributed by atoms with Crippen molar-refractivity contribution in [1.82, 2.24) is 0 Å². The molecule has 106 valence electrons. The highest BCUT2D eigenvalue weighted by molar-refractivity contribution is 7.98. The molecular weight excluding hydrogens is 266 g/mol. The molecule has 0 heterocycles. The molecule has 2 aromatic rings. The van der Waals surface area contributed by atoms with Gasteiger partial charge in [-0.2, -0.15) is 0 Å². The van der Waals surface area contributed by atoms with Gasteiger partial charge in [-0.1, -0.05) is 30.3 Å². The van der Waals surface area contributed by atoms with E-state index in [1.165, 1.54) is 4.90 Å². The van der Waals surface area contributed by atoms with Crippen LogP contribution in [0.15, 0.2) is 53.4 Å². The fraction of sp³-hybridized carbons (Fsp3) is 0.294. The number of ether oxygens (including phenoxy) is 1. The van der Waals surface area contributed by atoms with Crippen LogP contribution in [-0.2, 0) is 0 Å². The first kappa shape index (κ1) is 14.9. The molecule has 1 unspecified atom stereocenters. The van der Waals surface area contributed by atoms with Crippen molar-refractivity contribution in [2.24, 2.45) is 5.73 Å². The van der Waals surface area contributed by atoms with Gasteiger partial charge in [-0.3, -0.25) is 0 Å². The van der Waals surface area contributed by atoms with E-state index in [2.05, 4.69) is 30.5 Å². The summed E-state index contributed by atoms with van der Waals surface area (Å²) < 4.78 is 5.85. The normalized spacial score (nSPS) is 12.4. The molecule has 0 aliphatic carbocycles. The molecule has 0 bridgehead atoms. The molecule has 20 heavy (non-hydrogen) atoms. The van der Waals surface area contributed by atoms with E-state index in [1.54, 1.807) is 11.8 Å². The molecule has 2 rings (SSSR count). The summed E-state index contributed by atoms with van der Waals surface area (Å²) in [5.74, 6) is 0.865. The first-order valence-corrected chi connectivity index (χ1v) is 7.99. The third-order valence-electron chi connectivity index (χ3n) is 3.09. The van der Waals surface area contributed by atoms with Gasteiger partial charge in [0, 0.05) is 10.5 Å². The number of hydrogen-bond acceptors (Lipinski definition) is 3. The van der Waals surface area contributed by atoms with Crippen molar-refractivity contribution >= 4 is 11.8 Å². The van der Waals surface area contributed by atoms with E-state index >= 15 is 0 Å². The maximum absolute atomic E-state index is 6.40. The number of hydrogen-bond donors (Lipinski definition) is 1. The highest BCUT2D eigenvalue weighted by atomic mass is 32.2. The van der Waals surface area contributed by atoms with Gasteiger partial charge >= 0.3 is 0 Å². The highest BCUT2D eigenvalue weighted by Gasteiger charge is 2.14. The van der Waals surface area contributed by atoms with Crippen molar-refractivity contribution in [1.29, 1.82) is 0 Å². The zero-order valence-corrected chi connectivity index (χ0v) is 13.0. The Hall–Kier alpha value is -1.45. The van der Waals surface area contributed by atoms with Crippen LogP contribution in [-0.4, -0.2) is 12.4 Å². The van der Waals surface area contributed by atoms with Gasteiger partial charge in [0.05, 0.1) is 12.1 Å². The lowest BCUT2D eigenvalue weighted by atomic mass is 9.99. The Balaban J connectivity index is 2.29. The Morgan fingerprint density at radius 2 is 1.65 bits per heavy atom. The zero-order valence-electron chi connectivity index (χ0n) is 12.2. The van der Waals surface area contributed by atoms with Crippen LogP contribution in [0.25, 0.3) is 0 Å². The van der Waals surface area contributed by atoms with Gasteiger partial charge < -0.3 is 10.5 Å². The fourth-order valence-corrected chi connectivity index (χ4v) is 2.50. The van der Waals surface area contributed by atoms with Crippen LogP contribution in [0.3, 0.4) is 0 Å². The minimum Gasteiger partial charge on any atom is -0.491 e. The van der Waals surface area contributed by atoms with Crippen LogP contribution in [0.2, 0.25) is 0 Å². The topological polar surface area (TPSA) is 35.2 Å². The second-order valence-electron chi connectivity index (χ2n) is 4.96. The Kier molecular flexibility index (Phi) is 5.10. The molecule has 0 saturated carbocycles. The molecule has 0 fully saturated rings. The predicted octanol–water partition coefficient (Wildman–Crippen LogP) is 4.24. The zero-order chi connectivity index (χ0) is 14.5. The largest absolute Gasteiger partial charge is 0.491 e. The Bertz CT molecular complexity index is 551. The van der Waals surface area contributed by atoms with Crippen LogP contribution in [0, 0.1) is 0 Å². The van der Waals surface area contributed by atoms with Gasteiger partial charge in [-0.15, -0.1) is 11.8 Å². The van der Waals surface area contributed by atoms with Gasteiger partial charge in [-0.05, 0) is 43.9 Å². The van der Waals surface area contributed by atoms with E-state index in [1.807, 2.05) is 38.1 Å².